The topological polar surface area (TPSA) is 49.3 Å². The summed E-state index contributed by atoms with van der Waals surface area (Å²) < 4.78 is 0. The lowest BCUT2D eigenvalue weighted by Gasteiger charge is -2.15. The first kappa shape index (κ1) is 15.6. The number of carbonyl (C=O) groups is 1. The summed E-state index contributed by atoms with van der Waals surface area (Å²) in [6, 6.07) is 5.49. The van der Waals surface area contributed by atoms with Crippen LogP contribution in [0.2, 0.25) is 10.0 Å². The van der Waals surface area contributed by atoms with E-state index in [-0.39, 0.29) is 30.4 Å². The fourth-order valence-electron chi connectivity index (χ4n) is 2.48. The average molecular weight is 316 g/mol. The summed E-state index contributed by atoms with van der Waals surface area (Å²) in [5.41, 5.74) is 1.03. The van der Waals surface area contributed by atoms with E-state index >= 15 is 0 Å². The van der Waals surface area contributed by atoms with Crippen molar-refractivity contribution in [2.45, 2.75) is 38.1 Å². The fourth-order valence-corrected chi connectivity index (χ4v) is 3.03. The molecule has 0 heterocycles. The van der Waals surface area contributed by atoms with Crippen LogP contribution in [0.5, 0.6) is 0 Å². The van der Waals surface area contributed by atoms with Gasteiger partial charge in [0.1, 0.15) is 0 Å². The van der Waals surface area contributed by atoms with Crippen molar-refractivity contribution in [3.8, 4) is 0 Å². The minimum Gasteiger partial charge on any atom is -0.396 e. The maximum atomic E-state index is 12.1. The van der Waals surface area contributed by atoms with Crippen LogP contribution in [0, 0.1) is 5.92 Å². The Bertz CT molecular complexity index is 473. The summed E-state index contributed by atoms with van der Waals surface area (Å²) >= 11 is 12.0. The van der Waals surface area contributed by atoms with E-state index < -0.39 is 0 Å². The van der Waals surface area contributed by atoms with E-state index in [0.717, 1.165) is 18.4 Å². The van der Waals surface area contributed by atoms with Crippen molar-refractivity contribution in [2.24, 2.45) is 5.92 Å². The molecule has 0 saturated heterocycles. The van der Waals surface area contributed by atoms with Crippen molar-refractivity contribution in [1.29, 1.82) is 0 Å². The van der Waals surface area contributed by atoms with Crippen molar-refractivity contribution in [2.75, 3.05) is 6.61 Å². The molecule has 3 atom stereocenters. The molecule has 1 aromatic carbocycles. The molecule has 0 aliphatic heterocycles. The smallest absolute Gasteiger partial charge is 0.223 e. The summed E-state index contributed by atoms with van der Waals surface area (Å²) in [5, 5.41) is 13.1. The molecular weight excluding hydrogens is 297 g/mol. The lowest BCUT2D eigenvalue weighted by atomic mass is 10.1. The maximum absolute atomic E-state index is 12.1. The number of hydrogen-bond donors (Lipinski definition) is 2. The highest BCUT2D eigenvalue weighted by atomic mass is 35.5. The minimum atomic E-state index is -0.00252. The second kappa shape index (κ2) is 6.79. The quantitative estimate of drug-likeness (QED) is 0.845. The second-order valence-corrected chi connectivity index (χ2v) is 6.15. The molecule has 3 nitrogen and oxygen atoms in total. The van der Waals surface area contributed by atoms with E-state index in [1.807, 2.05) is 19.1 Å². The van der Waals surface area contributed by atoms with Crippen LogP contribution < -0.4 is 5.32 Å². The van der Waals surface area contributed by atoms with E-state index in [1.165, 1.54) is 0 Å². The molecule has 2 N–H and O–H groups in total. The molecule has 110 valence electrons. The minimum absolute atomic E-state index is 0.00252. The van der Waals surface area contributed by atoms with Gasteiger partial charge >= 0.3 is 0 Å². The molecule has 1 aliphatic carbocycles. The van der Waals surface area contributed by atoms with Gasteiger partial charge in [-0.05, 0) is 48.9 Å². The van der Waals surface area contributed by atoms with Crippen molar-refractivity contribution < 1.29 is 9.90 Å². The van der Waals surface area contributed by atoms with E-state index in [9.17, 15) is 4.79 Å². The standard InChI is InChI=1S/C15H19Cl2NO2/c1-2-12(3-4-19)18-15(20)14-8-13(14)9-5-10(16)7-11(17)6-9/h5-7,12-14,19H,2-4,8H2,1H3,(H,18,20). The highest BCUT2D eigenvalue weighted by Crippen LogP contribution is 2.48. The van der Waals surface area contributed by atoms with Gasteiger partial charge < -0.3 is 10.4 Å². The Balaban J connectivity index is 1.95. The largest absolute Gasteiger partial charge is 0.396 e. The molecule has 2 rings (SSSR count). The van der Waals surface area contributed by atoms with Crippen molar-refractivity contribution >= 4 is 29.1 Å². The third kappa shape index (κ3) is 3.87. The molecule has 0 radical (unpaired) electrons. The monoisotopic (exact) mass is 315 g/mol. The predicted molar refractivity (Wildman–Crippen MR) is 81.2 cm³/mol. The molecule has 1 aliphatic rings. The molecule has 1 amide bonds. The number of amides is 1. The number of nitrogens with one attached hydrogen (secondary N) is 1. The molecule has 5 heteroatoms. The number of benzene rings is 1. The third-order valence-electron chi connectivity index (χ3n) is 3.76. The van der Waals surface area contributed by atoms with Crippen LogP contribution in [0.15, 0.2) is 18.2 Å². The summed E-state index contributed by atoms with van der Waals surface area (Å²) in [5.74, 6) is 0.265. The Morgan fingerprint density at radius 2 is 2.05 bits per heavy atom. The van der Waals surface area contributed by atoms with Gasteiger partial charge in [0, 0.05) is 28.6 Å². The Morgan fingerprint density at radius 1 is 1.40 bits per heavy atom. The highest BCUT2D eigenvalue weighted by molar-refractivity contribution is 6.34. The SMILES string of the molecule is CCC(CCO)NC(=O)C1CC1c1cc(Cl)cc(Cl)c1. The first-order chi connectivity index (χ1) is 9.55. The maximum Gasteiger partial charge on any atom is 0.223 e. The fraction of sp³-hybridized carbons (Fsp3) is 0.533. The first-order valence-corrected chi connectivity index (χ1v) is 7.68. The average Bonchev–Trinajstić information content (AvgIpc) is 3.17. The second-order valence-electron chi connectivity index (χ2n) is 5.28. The Kier molecular flexibility index (Phi) is 5.30. The summed E-state index contributed by atoms with van der Waals surface area (Å²) in [4.78, 5) is 12.1. The van der Waals surface area contributed by atoms with Gasteiger partial charge in [0.15, 0.2) is 0 Å². The molecular formula is C15H19Cl2NO2. The van der Waals surface area contributed by atoms with Crippen LogP contribution in [0.25, 0.3) is 0 Å². The number of halogens is 2. The van der Waals surface area contributed by atoms with Gasteiger partial charge in [0.25, 0.3) is 0 Å². The van der Waals surface area contributed by atoms with E-state index in [4.69, 9.17) is 28.3 Å². The molecule has 3 unspecified atom stereocenters. The van der Waals surface area contributed by atoms with Gasteiger partial charge in [-0.3, -0.25) is 4.79 Å². The summed E-state index contributed by atoms with van der Waals surface area (Å²) in [6.07, 6.45) is 2.26. The molecule has 0 aromatic heterocycles. The van der Waals surface area contributed by atoms with E-state index in [0.29, 0.717) is 16.5 Å². The van der Waals surface area contributed by atoms with Gasteiger partial charge in [-0.15, -0.1) is 0 Å². The van der Waals surface area contributed by atoms with Gasteiger partial charge in [-0.25, -0.2) is 0 Å². The van der Waals surface area contributed by atoms with E-state index in [1.54, 1.807) is 6.07 Å². The normalized spacial score (nSPS) is 22.4. The number of rotatable bonds is 6. The van der Waals surface area contributed by atoms with Gasteiger partial charge in [-0.2, -0.15) is 0 Å². The van der Waals surface area contributed by atoms with Crippen LogP contribution in [-0.2, 0) is 4.79 Å². The van der Waals surface area contributed by atoms with Crippen LogP contribution in [0.1, 0.15) is 37.7 Å². The zero-order chi connectivity index (χ0) is 14.7. The van der Waals surface area contributed by atoms with Crippen molar-refractivity contribution in [3.05, 3.63) is 33.8 Å². The zero-order valence-corrected chi connectivity index (χ0v) is 12.9. The third-order valence-corrected chi connectivity index (χ3v) is 4.19. The lowest BCUT2D eigenvalue weighted by molar-refractivity contribution is -0.123. The lowest BCUT2D eigenvalue weighted by Crippen LogP contribution is -2.36. The van der Waals surface area contributed by atoms with E-state index in [2.05, 4.69) is 5.32 Å². The van der Waals surface area contributed by atoms with Crippen LogP contribution in [0.4, 0.5) is 0 Å². The molecule has 1 saturated carbocycles. The molecule has 1 aromatic rings. The molecule has 0 spiro atoms. The highest BCUT2D eigenvalue weighted by Gasteiger charge is 2.44. The number of aliphatic hydroxyl groups excluding tert-OH is 1. The van der Waals surface area contributed by atoms with Crippen LogP contribution >= 0.6 is 23.2 Å². The van der Waals surface area contributed by atoms with Crippen molar-refractivity contribution in [3.63, 3.8) is 0 Å². The first-order valence-electron chi connectivity index (χ1n) is 6.92. The molecule has 0 bridgehead atoms. The van der Waals surface area contributed by atoms with Gasteiger partial charge in [-0.1, -0.05) is 30.1 Å². The summed E-state index contributed by atoms with van der Waals surface area (Å²) in [7, 11) is 0. The van der Waals surface area contributed by atoms with Gasteiger partial charge in [0.2, 0.25) is 5.91 Å². The summed E-state index contributed by atoms with van der Waals surface area (Å²) in [6.45, 7) is 2.10. The van der Waals surface area contributed by atoms with Gasteiger partial charge in [0.05, 0.1) is 0 Å². The molecule has 20 heavy (non-hydrogen) atoms. The number of aliphatic hydroxyl groups is 1. The zero-order valence-electron chi connectivity index (χ0n) is 11.4. The Hall–Kier alpha value is -0.770. The molecule has 1 fully saturated rings. The number of carbonyl (C=O) groups excluding carboxylic acids is 1. The van der Waals surface area contributed by atoms with Crippen molar-refractivity contribution in [1.82, 2.24) is 5.32 Å². The van der Waals surface area contributed by atoms with Crippen LogP contribution in [0.3, 0.4) is 0 Å². The van der Waals surface area contributed by atoms with Crippen LogP contribution in [-0.4, -0.2) is 23.7 Å². The number of hydrogen-bond acceptors (Lipinski definition) is 2. The Labute approximate surface area is 129 Å². The Morgan fingerprint density at radius 3 is 2.60 bits per heavy atom. The predicted octanol–water partition coefficient (Wildman–Crippen LogP) is 3.37.